The molecule has 0 saturated carbocycles. The Hall–Kier alpha value is -2.19. The molecular formula is C20H29N3O4S. The van der Waals surface area contributed by atoms with Crippen LogP contribution in [0.1, 0.15) is 26.3 Å². The van der Waals surface area contributed by atoms with Crippen LogP contribution in [0.25, 0.3) is 6.08 Å². The first kappa shape index (κ1) is 22.1. The molecule has 0 unspecified atom stereocenters. The number of hydrogen-bond donors (Lipinski definition) is 2. The molecule has 1 aromatic carbocycles. The maximum atomic E-state index is 12.2. The van der Waals surface area contributed by atoms with Crippen molar-refractivity contribution in [2.24, 2.45) is 0 Å². The maximum absolute atomic E-state index is 12.2. The van der Waals surface area contributed by atoms with Crippen molar-refractivity contribution in [3.63, 3.8) is 0 Å². The Balaban J connectivity index is 1.81. The molecule has 0 aromatic heterocycles. The Labute approximate surface area is 169 Å². The lowest BCUT2D eigenvalue weighted by atomic mass is 10.0. The minimum absolute atomic E-state index is 0.205. The van der Waals surface area contributed by atoms with Crippen LogP contribution in [-0.2, 0) is 20.3 Å². The number of carbonyl (C=O) groups is 2. The number of benzene rings is 1. The van der Waals surface area contributed by atoms with E-state index in [1.807, 2.05) is 12.1 Å². The largest absolute Gasteiger partial charge is 0.463 e. The number of anilines is 1. The first-order valence-corrected chi connectivity index (χ1v) is 10.9. The monoisotopic (exact) mass is 407 g/mol. The minimum atomic E-state index is -0.714. The van der Waals surface area contributed by atoms with Crippen molar-refractivity contribution in [2.75, 3.05) is 43.1 Å². The third kappa shape index (κ3) is 7.09. The molecule has 2 amide bonds. The van der Waals surface area contributed by atoms with Crippen LogP contribution in [0.4, 0.5) is 10.5 Å². The van der Waals surface area contributed by atoms with Crippen LogP contribution in [0.5, 0.6) is 0 Å². The van der Waals surface area contributed by atoms with E-state index in [9.17, 15) is 13.8 Å². The van der Waals surface area contributed by atoms with Gasteiger partial charge in [0.25, 0.3) is 0 Å². The topological polar surface area (TPSA) is 87.7 Å². The first-order valence-electron chi connectivity index (χ1n) is 9.40. The number of hydrogen-bond acceptors (Lipinski definition) is 5. The fraction of sp³-hybridized carbons (Fsp3) is 0.500. The average molecular weight is 408 g/mol. The molecule has 0 spiro atoms. The van der Waals surface area contributed by atoms with Crippen LogP contribution in [-0.4, -0.2) is 64.4 Å². The van der Waals surface area contributed by atoms with Crippen molar-refractivity contribution >= 4 is 34.6 Å². The van der Waals surface area contributed by atoms with Gasteiger partial charge < -0.3 is 15.4 Å². The van der Waals surface area contributed by atoms with Gasteiger partial charge in [-0.05, 0) is 44.5 Å². The number of carbonyl (C=O) groups excluding carboxylic acids is 2. The number of esters is 1. The minimum Gasteiger partial charge on any atom is -0.463 e. The van der Waals surface area contributed by atoms with Crippen LogP contribution < -0.4 is 10.6 Å². The third-order valence-electron chi connectivity index (χ3n) is 4.58. The van der Waals surface area contributed by atoms with Crippen LogP contribution in [0, 0.1) is 0 Å². The summed E-state index contributed by atoms with van der Waals surface area (Å²) in [4.78, 5) is 25.8. The number of urea groups is 1. The Morgan fingerprint density at radius 2 is 1.86 bits per heavy atom. The highest BCUT2D eigenvalue weighted by atomic mass is 32.2. The molecule has 1 aromatic rings. The summed E-state index contributed by atoms with van der Waals surface area (Å²) < 4.78 is 16.3. The van der Waals surface area contributed by atoms with Crippen molar-refractivity contribution in [1.82, 2.24) is 10.2 Å². The first-order chi connectivity index (χ1) is 13.3. The summed E-state index contributed by atoms with van der Waals surface area (Å²) in [5.74, 6) is 0.991. The van der Waals surface area contributed by atoms with Gasteiger partial charge in [0.1, 0.15) is 0 Å². The lowest BCUT2D eigenvalue weighted by Gasteiger charge is -2.40. The molecule has 1 fully saturated rings. The summed E-state index contributed by atoms with van der Waals surface area (Å²) >= 11 is 0. The van der Waals surface area contributed by atoms with E-state index in [1.165, 1.54) is 6.08 Å². The van der Waals surface area contributed by atoms with E-state index >= 15 is 0 Å². The summed E-state index contributed by atoms with van der Waals surface area (Å²) in [6.07, 6.45) is 3.03. The summed E-state index contributed by atoms with van der Waals surface area (Å²) in [5, 5.41) is 5.71. The van der Waals surface area contributed by atoms with Crippen molar-refractivity contribution in [2.45, 2.75) is 26.3 Å². The fourth-order valence-electron chi connectivity index (χ4n) is 2.86. The van der Waals surface area contributed by atoms with Crippen LogP contribution >= 0.6 is 0 Å². The van der Waals surface area contributed by atoms with Gasteiger partial charge in [0.05, 0.1) is 6.61 Å². The van der Waals surface area contributed by atoms with Crippen molar-refractivity contribution in [3.8, 4) is 0 Å². The zero-order valence-electron chi connectivity index (χ0n) is 16.7. The van der Waals surface area contributed by atoms with E-state index in [0.29, 0.717) is 30.3 Å². The molecule has 2 N–H and O–H groups in total. The molecule has 0 radical (unpaired) electrons. The number of nitrogens with one attached hydrogen (secondary N) is 2. The second kappa shape index (κ2) is 10.4. The lowest BCUT2D eigenvalue weighted by Crippen LogP contribution is -2.56. The van der Waals surface area contributed by atoms with Gasteiger partial charge in [0.15, 0.2) is 0 Å². The predicted molar refractivity (Wildman–Crippen MR) is 113 cm³/mol. The highest BCUT2D eigenvalue weighted by molar-refractivity contribution is 7.85. The SMILES string of the molecule is CCOC(=O)C=Cc1ccc(NC(=O)NCC(C)(C)N2CCS(=O)CC2)cc1. The molecule has 1 heterocycles. The van der Waals surface area contributed by atoms with E-state index in [-0.39, 0.29) is 17.5 Å². The van der Waals surface area contributed by atoms with Gasteiger partial charge in [-0.1, -0.05) is 12.1 Å². The van der Waals surface area contributed by atoms with Crippen molar-refractivity contribution in [3.05, 3.63) is 35.9 Å². The van der Waals surface area contributed by atoms with E-state index in [0.717, 1.165) is 18.7 Å². The van der Waals surface area contributed by atoms with Gasteiger partial charge in [0.2, 0.25) is 0 Å². The number of ether oxygens (including phenoxy) is 1. The Morgan fingerprint density at radius 1 is 1.21 bits per heavy atom. The molecule has 154 valence electrons. The number of amides is 2. The zero-order chi connectivity index (χ0) is 20.6. The molecule has 1 saturated heterocycles. The van der Waals surface area contributed by atoms with Gasteiger partial charge in [-0.2, -0.15) is 0 Å². The van der Waals surface area contributed by atoms with Crippen LogP contribution in [0.3, 0.4) is 0 Å². The molecular weight excluding hydrogens is 378 g/mol. The van der Waals surface area contributed by atoms with Gasteiger partial charge >= 0.3 is 12.0 Å². The van der Waals surface area contributed by atoms with Gasteiger partial charge in [-0.15, -0.1) is 0 Å². The smallest absolute Gasteiger partial charge is 0.330 e. The number of nitrogens with zero attached hydrogens (tertiary/aromatic N) is 1. The lowest BCUT2D eigenvalue weighted by molar-refractivity contribution is -0.137. The highest BCUT2D eigenvalue weighted by Gasteiger charge is 2.29. The summed E-state index contributed by atoms with van der Waals surface area (Å²) in [7, 11) is -0.714. The quantitative estimate of drug-likeness (QED) is 0.535. The summed E-state index contributed by atoms with van der Waals surface area (Å²) in [5.41, 5.74) is 1.29. The molecule has 28 heavy (non-hydrogen) atoms. The normalized spacial score (nSPS) is 16.1. The van der Waals surface area contributed by atoms with Gasteiger partial charge in [0, 0.05) is 59.2 Å². The second-order valence-electron chi connectivity index (χ2n) is 7.16. The predicted octanol–water partition coefficient (Wildman–Crippen LogP) is 2.23. The molecule has 0 aliphatic carbocycles. The van der Waals surface area contributed by atoms with Gasteiger partial charge in [-0.3, -0.25) is 9.11 Å². The third-order valence-corrected chi connectivity index (χ3v) is 5.86. The fourth-order valence-corrected chi connectivity index (χ4v) is 3.91. The molecule has 0 atom stereocenters. The summed E-state index contributed by atoms with van der Waals surface area (Å²) in [6.45, 7) is 8.31. The highest BCUT2D eigenvalue weighted by Crippen LogP contribution is 2.16. The Bertz CT molecular complexity index is 721. The zero-order valence-corrected chi connectivity index (χ0v) is 17.5. The van der Waals surface area contributed by atoms with Crippen LogP contribution in [0.15, 0.2) is 30.3 Å². The molecule has 8 heteroatoms. The van der Waals surface area contributed by atoms with E-state index in [4.69, 9.17) is 4.74 Å². The molecule has 0 bridgehead atoms. The van der Waals surface area contributed by atoms with Crippen molar-refractivity contribution < 1.29 is 18.5 Å². The van der Waals surface area contributed by atoms with Crippen molar-refractivity contribution in [1.29, 1.82) is 0 Å². The van der Waals surface area contributed by atoms with E-state index < -0.39 is 10.8 Å². The average Bonchev–Trinajstić information content (AvgIpc) is 2.66. The second-order valence-corrected chi connectivity index (χ2v) is 8.86. The standard InChI is InChI=1S/C20H29N3O4S/c1-4-27-18(24)10-7-16-5-8-17(9-6-16)22-19(25)21-15-20(2,3)23-11-13-28(26)14-12-23/h5-10H,4,11-15H2,1-3H3,(H2,21,22,25). The Morgan fingerprint density at radius 3 is 2.46 bits per heavy atom. The van der Waals surface area contributed by atoms with E-state index in [1.54, 1.807) is 25.1 Å². The van der Waals surface area contributed by atoms with Crippen LogP contribution in [0.2, 0.25) is 0 Å². The Kier molecular flexibility index (Phi) is 8.19. The molecule has 2 rings (SSSR count). The summed E-state index contributed by atoms with van der Waals surface area (Å²) in [6, 6.07) is 6.89. The maximum Gasteiger partial charge on any atom is 0.330 e. The molecule has 7 nitrogen and oxygen atoms in total. The molecule has 1 aliphatic rings. The number of rotatable bonds is 7. The van der Waals surface area contributed by atoms with Gasteiger partial charge in [-0.25, -0.2) is 9.59 Å². The van der Waals surface area contributed by atoms with E-state index in [2.05, 4.69) is 29.4 Å². The molecule has 1 aliphatic heterocycles.